The van der Waals surface area contributed by atoms with Crippen LogP contribution in [-0.2, 0) is 16.0 Å². The molecule has 2 amide bonds. The van der Waals surface area contributed by atoms with Gasteiger partial charge in [0.05, 0.1) is 30.2 Å². The van der Waals surface area contributed by atoms with Crippen LogP contribution in [0.2, 0.25) is 5.02 Å². The number of hydrogen-bond donors (Lipinski definition) is 1. The molecule has 7 heteroatoms. The molecule has 0 spiro atoms. The molecule has 1 aliphatic rings. The van der Waals surface area contributed by atoms with Gasteiger partial charge in [-0.1, -0.05) is 29.8 Å². The summed E-state index contributed by atoms with van der Waals surface area (Å²) in [6, 6.07) is 11.0. The van der Waals surface area contributed by atoms with E-state index in [2.05, 4.69) is 5.32 Å². The molecule has 136 valence electrons. The Kier molecular flexibility index (Phi) is 5.85. The normalized spacial score (nSPS) is 14.2. The van der Waals surface area contributed by atoms with Gasteiger partial charge in [0.15, 0.2) is 0 Å². The van der Waals surface area contributed by atoms with Gasteiger partial charge in [-0.2, -0.15) is 0 Å². The van der Waals surface area contributed by atoms with Crippen LogP contribution in [0.5, 0.6) is 0 Å². The number of rotatable bonds is 4. The summed E-state index contributed by atoms with van der Waals surface area (Å²) in [5.41, 5.74) is 1.14. The molecule has 0 saturated carbocycles. The summed E-state index contributed by atoms with van der Waals surface area (Å²) < 4.78 is 19.0. The maximum atomic E-state index is 13.8. The molecule has 2 aromatic rings. The monoisotopic (exact) mass is 376 g/mol. The highest BCUT2D eigenvalue weighted by Crippen LogP contribution is 2.21. The Morgan fingerprint density at radius 3 is 2.46 bits per heavy atom. The second-order valence-corrected chi connectivity index (χ2v) is 6.32. The summed E-state index contributed by atoms with van der Waals surface area (Å²) >= 11 is 5.90. The van der Waals surface area contributed by atoms with Gasteiger partial charge in [0.25, 0.3) is 5.91 Å². The SMILES string of the molecule is O=C(Nc1ccc(CC(=O)N2CCOCC2)cc1)c1c(F)cccc1Cl. The van der Waals surface area contributed by atoms with Crippen LogP contribution >= 0.6 is 11.6 Å². The third kappa shape index (κ3) is 4.39. The van der Waals surface area contributed by atoms with Crippen molar-refractivity contribution in [3.05, 3.63) is 64.4 Å². The van der Waals surface area contributed by atoms with Gasteiger partial charge in [0.2, 0.25) is 5.91 Å². The molecular weight excluding hydrogens is 359 g/mol. The van der Waals surface area contributed by atoms with Gasteiger partial charge >= 0.3 is 0 Å². The number of hydrogen-bond acceptors (Lipinski definition) is 3. The van der Waals surface area contributed by atoms with E-state index in [1.807, 2.05) is 0 Å². The number of amides is 2. The quantitative estimate of drug-likeness (QED) is 0.891. The van der Waals surface area contributed by atoms with E-state index < -0.39 is 11.7 Å². The van der Waals surface area contributed by atoms with E-state index in [1.165, 1.54) is 18.2 Å². The molecule has 1 heterocycles. The average molecular weight is 377 g/mol. The molecule has 0 aromatic heterocycles. The molecule has 0 aliphatic carbocycles. The number of halogens is 2. The summed E-state index contributed by atoms with van der Waals surface area (Å²) in [7, 11) is 0. The first-order chi connectivity index (χ1) is 12.5. The fraction of sp³-hybridized carbons (Fsp3) is 0.263. The van der Waals surface area contributed by atoms with Crippen LogP contribution in [0, 0.1) is 5.82 Å². The largest absolute Gasteiger partial charge is 0.378 e. The minimum atomic E-state index is -0.678. The summed E-state index contributed by atoms with van der Waals surface area (Å²) in [5, 5.41) is 2.66. The number of anilines is 1. The lowest BCUT2D eigenvalue weighted by atomic mass is 10.1. The lowest BCUT2D eigenvalue weighted by Crippen LogP contribution is -2.41. The zero-order valence-electron chi connectivity index (χ0n) is 14.0. The summed E-state index contributed by atoms with van der Waals surface area (Å²) in [6.07, 6.45) is 0.285. The summed E-state index contributed by atoms with van der Waals surface area (Å²) in [5.74, 6) is -1.25. The molecule has 1 aliphatic heterocycles. The number of ether oxygens (including phenoxy) is 1. The second kappa shape index (κ2) is 8.29. The third-order valence-electron chi connectivity index (χ3n) is 4.12. The van der Waals surface area contributed by atoms with Crippen LogP contribution in [0.3, 0.4) is 0 Å². The van der Waals surface area contributed by atoms with Crippen molar-refractivity contribution in [2.75, 3.05) is 31.6 Å². The molecule has 0 unspecified atom stereocenters. The predicted molar refractivity (Wildman–Crippen MR) is 96.9 cm³/mol. The van der Waals surface area contributed by atoms with E-state index in [4.69, 9.17) is 16.3 Å². The van der Waals surface area contributed by atoms with Crippen molar-refractivity contribution in [3.63, 3.8) is 0 Å². The van der Waals surface area contributed by atoms with Crippen LogP contribution in [0.4, 0.5) is 10.1 Å². The Morgan fingerprint density at radius 2 is 1.81 bits per heavy atom. The van der Waals surface area contributed by atoms with Crippen molar-refractivity contribution in [1.29, 1.82) is 0 Å². The van der Waals surface area contributed by atoms with E-state index in [1.54, 1.807) is 29.2 Å². The second-order valence-electron chi connectivity index (χ2n) is 5.92. The van der Waals surface area contributed by atoms with Crippen molar-refractivity contribution < 1.29 is 18.7 Å². The van der Waals surface area contributed by atoms with Crippen LogP contribution in [0.1, 0.15) is 15.9 Å². The van der Waals surface area contributed by atoms with Crippen molar-refractivity contribution in [3.8, 4) is 0 Å². The van der Waals surface area contributed by atoms with Gasteiger partial charge in [-0.05, 0) is 29.8 Å². The minimum Gasteiger partial charge on any atom is -0.378 e. The number of morpholine rings is 1. The summed E-state index contributed by atoms with van der Waals surface area (Å²) in [4.78, 5) is 26.2. The average Bonchev–Trinajstić information content (AvgIpc) is 2.64. The first-order valence-electron chi connectivity index (χ1n) is 8.24. The highest BCUT2D eigenvalue weighted by atomic mass is 35.5. The molecule has 1 saturated heterocycles. The zero-order valence-corrected chi connectivity index (χ0v) is 14.8. The maximum Gasteiger partial charge on any atom is 0.260 e. The standard InChI is InChI=1S/C19H18ClFN2O3/c20-15-2-1-3-16(21)18(15)19(25)22-14-6-4-13(5-7-14)12-17(24)23-8-10-26-11-9-23/h1-7H,8-12H2,(H,22,25). The molecular formula is C19H18ClFN2O3. The van der Waals surface area contributed by atoms with Crippen molar-refractivity contribution in [2.45, 2.75) is 6.42 Å². The predicted octanol–water partition coefficient (Wildman–Crippen LogP) is 3.13. The molecule has 26 heavy (non-hydrogen) atoms. The Labute approximate surface area is 155 Å². The van der Waals surface area contributed by atoms with Crippen LogP contribution in [0.25, 0.3) is 0 Å². The molecule has 0 atom stereocenters. The Morgan fingerprint density at radius 1 is 1.12 bits per heavy atom. The highest BCUT2D eigenvalue weighted by molar-refractivity contribution is 6.34. The van der Waals surface area contributed by atoms with Gasteiger partial charge in [0, 0.05) is 18.8 Å². The fourth-order valence-corrected chi connectivity index (χ4v) is 2.96. The lowest BCUT2D eigenvalue weighted by molar-refractivity contribution is -0.134. The molecule has 2 aromatic carbocycles. The van der Waals surface area contributed by atoms with Crippen LogP contribution < -0.4 is 5.32 Å². The van der Waals surface area contributed by atoms with Gasteiger partial charge < -0.3 is 15.0 Å². The topological polar surface area (TPSA) is 58.6 Å². The Bertz CT molecular complexity index is 785. The van der Waals surface area contributed by atoms with Crippen molar-refractivity contribution in [1.82, 2.24) is 4.90 Å². The van der Waals surface area contributed by atoms with Crippen LogP contribution in [-0.4, -0.2) is 43.0 Å². The fourth-order valence-electron chi connectivity index (χ4n) is 2.71. The van der Waals surface area contributed by atoms with Gasteiger partial charge in [0.1, 0.15) is 5.82 Å². The molecule has 0 bridgehead atoms. The Hall–Kier alpha value is -2.44. The van der Waals surface area contributed by atoms with E-state index in [0.717, 1.165) is 5.56 Å². The van der Waals surface area contributed by atoms with Crippen molar-refractivity contribution >= 4 is 29.1 Å². The van der Waals surface area contributed by atoms with Gasteiger partial charge in [-0.15, -0.1) is 0 Å². The number of nitrogens with one attached hydrogen (secondary N) is 1. The van der Waals surface area contributed by atoms with Gasteiger partial charge in [-0.25, -0.2) is 4.39 Å². The first kappa shape index (κ1) is 18.4. The first-order valence-corrected chi connectivity index (χ1v) is 8.62. The highest BCUT2D eigenvalue weighted by Gasteiger charge is 2.18. The Balaban J connectivity index is 1.62. The molecule has 1 N–H and O–H groups in total. The number of carbonyl (C=O) groups excluding carboxylic acids is 2. The van der Waals surface area contributed by atoms with Crippen molar-refractivity contribution in [2.24, 2.45) is 0 Å². The molecule has 3 rings (SSSR count). The molecule has 5 nitrogen and oxygen atoms in total. The van der Waals surface area contributed by atoms with E-state index in [-0.39, 0.29) is 22.9 Å². The minimum absolute atomic E-state index is 0.0447. The number of nitrogens with zero attached hydrogens (tertiary/aromatic N) is 1. The lowest BCUT2D eigenvalue weighted by Gasteiger charge is -2.26. The van der Waals surface area contributed by atoms with Crippen LogP contribution in [0.15, 0.2) is 42.5 Å². The number of benzene rings is 2. The van der Waals surface area contributed by atoms with Gasteiger partial charge in [-0.3, -0.25) is 9.59 Å². The zero-order chi connectivity index (χ0) is 18.5. The van der Waals surface area contributed by atoms with E-state index in [9.17, 15) is 14.0 Å². The number of carbonyl (C=O) groups is 2. The van der Waals surface area contributed by atoms with E-state index in [0.29, 0.717) is 32.0 Å². The maximum absolute atomic E-state index is 13.8. The third-order valence-corrected chi connectivity index (χ3v) is 4.44. The molecule has 1 fully saturated rings. The molecule has 0 radical (unpaired) electrons. The smallest absolute Gasteiger partial charge is 0.260 e. The van der Waals surface area contributed by atoms with E-state index >= 15 is 0 Å². The summed E-state index contributed by atoms with van der Waals surface area (Å²) in [6.45, 7) is 2.34.